The van der Waals surface area contributed by atoms with Gasteiger partial charge < -0.3 is 86.9 Å². The van der Waals surface area contributed by atoms with Gasteiger partial charge in [-0.15, -0.1) is 0 Å². The van der Waals surface area contributed by atoms with Crippen LogP contribution >= 0.6 is 34.8 Å². The molecular weight excluding hydrogens is 1840 g/mol. The molecule has 140 heavy (non-hydrogen) atoms. The zero-order valence-corrected chi connectivity index (χ0v) is 83.0. The van der Waals surface area contributed by atoms with Crippen molar-refractivity contribution < 1.29 is 72.9 Å². The molecule has 0 aliphatic heterocycles. The van der Waals surface area contributed by atoms with E-state index in [0.717, 1.165) is 44.6 Å². The number of anilines is 4. The van der Waals surface area contributed by atoms with Crippen molar-refractivity contribution in [2.75, 3.05) is 47.7 Å². The summed E-state index contributed by atoms with van der Waals surface area (Å²) in [6.07, 6.45) is 7.64. The molecule has 12 rings (SSSR count). The van der Waals surface area contributed by atoms with Gasteiger partial charge in [0.2, 0.25) is 11.8 Å². The fourth-order valence-corrected chi connectivity index (χ4v) is 15.2. The average Bonchev–Trinajstić information content (AvgIpc) is 1.64. The van der Waals surface area contributed by atoms with E-state index in [-0.39, 0.29) is 128 Å². The summed E-state index contributed by atoms with van der Waals surface area (Å²) in [5, 5.41) is 71.8. The lowest BCUT2D eigenvalue weighted by atomic mass is 9.92. The SMILES string of the molecule is CC(C)Oc1ccc(C(=O)N[C@H](CCO)Cc2ccc(NC(=O)CC(C)(C)C)cc2)cc1Cl.CC(C)Oc1ccc(C(=O)N[C@H](CCO)Cc2ccc(NC(=O)Cc3ccccc3)cc2)cc1Cl.CC(C)Oc1ccc(C(=O)N[C@H](CCO)Cc2ccc(NC(=O)Nc3ccccc3)cc2)cc1Cl.Cc1c[nH]c(=O)n2cc(-c3ccc(C[C@@H](CCO)NC(=O)c4ccc(OC(C)C)c(C#N)c4)cc3)nc12. The number of rotatable bonds is 40. The largest absolute Gasteiger partial charge is 0.490 e. The maximum Gasteiger partial charge on any atom is 0.331 e. The highest BCUT2D eigenvalue weighted by Crippen LogP contribution is 2.32. The molecule has 31 heteroatoms. The Bertz CT molecular complexity index is 5990. The molecule has 2 aromatic heterocycles. The van der Waals surface area contributed by atoms with Crippen molar-refractivity contribution in [3.63, 3.8) is 0 Å². The lowest BCUT2D eigenvalue weighted by Gasteiger charge is -2.19. The number of hydrogen-bond acceptors (Lipinski definition) is 18. The Labute approximate surface area is 832 Å². The van der Waals surface area contributed by atoms with Crippen LogP contribution in [0.2, 0.25) is 15.1 Å². The number of urea groups is 1. The molecule has 4 atom stereocenters. The van der Waals surface area contributed by atoms with Gasteiger partial charge in [-0.05, 0) is 268 Å². The van der Waals surface area contributed by atoms with Gasteiger partial charge in [-0.25, -0.2) is 14.6 Å². The number of fused-ring (bicyclic) bond motifs is 1. The monoisotopic (exact) mass is 1960 g/mol. The molecule has 0 unspecified atom stereocenters. The highest BCUT2D eigenvalue weighted by atomic mass is 35.5. The third-order valence-electron chi connectivity index (χ3n) is 21.1. The number of carbonyl (C=O) groups excluding carboxylic acids is 7. The molecule has 12 aromatic rings. The van der Waals surface area contributed by atoms with Gasteiger partial charge >= 0.3 is 11.7 Å². The maximum absolute atomic E-state index is 12.9. The molecule has 28 nitrogen and oxygen atoms in total. The third kappa shape index (κ3) is 36.8. The van der Waals surface area contributed by atoms with Crippen LogP contribution in [0.25, 0.3) is 16.9 Å². The van der Waals surface area contributed by atoms with Crippen molar-refractivity contribution in [1.29, 1.82) is 5.26 Å². The molecule has 0 radical (unpaired) electrons. The Kier molecular flexibility index (Phi) is 43.2. The zero-order chi connectivity index (χ0) is 102. The second kappa shape index (κ2) is 55.0. The van der Waals surface area contributed by atoms with Crippen molar-refractivity contribution in [2.24, 2.45) is 5.41 Å². The van der Waals surface area contributed by atoms with Gasteiger partial charge in [-0.3, -0.25) is 33.2 Å². The summed E-state index contributed by atoms with van der Waals surface area (Å²) >= 11 is 18.8. The predicted octanol–water partition coefficient (Wildman–Crippen LogP) is 19.1. The van der Waals surface area contributed by atoms with E-state index in [1.54, 1.807) is 103 Å². The number of aryl methyl sites for hydroxylation is 1. The van der Waals surface area contributed by atoms with Crippen molar-refractivity contribution in [1.82, 2.24) is 35.6 Å². The van der Waals surface area contributed by atoms with Crippen LogP contribution in [0, 0.1) is 23.7 Å². The molecule has 8 amide bonds. The standard InChI is InChI=1S/C28H31ClN2O4.C28H29N5O4.C27H30ClN3O4.C26H35ClN2O4/c1-19(2)35-26-13-10-22(18-25(26)29)28(34)31-24(14-15-32)16-21-8-11-23(12-9-21)30-27(33)17-20-6-4-3-5-7-20;1-17(2)37-25-9-8-21(13-22(25)14-29)27(35)31-23(10-11-34)12-19-4-6-20(7-5-19)24-16-33-26(32-24)18(3)15-30-28(33)36;1-18(2)35-25-13-10-20(17-24(25)28)26(33)29-23(14-15-32)16-19-8-11-22(12-9-19)31-27(34)30-21-6-4-3-5-7-21;1-17(2)33-23-11-8-19(15-22(23)27)25(32)29-21(12-13-30)14-18-6-9-20(10-7-18)28-24(31)16-26(3,4)5/h3-13,18-19,24,32H,14-17H2,1-2H3,(H,30,33)(H,31,34);4-9,13,15-17,23,34H,10-12H2,1-3H3,(H,30,36)(H,31,35);3-13,17-18,23,32H,14-16H2,1-2H3,(H,29,33)(H2,30,31,34);6-11,15,17,21,30H,12-14,16H2,1-5H3,(H,28,31)(H,29,32)/t24-;2*23-;21-/m1111/s1. The number of benzene rings is 10. The van der Waals surface area contributed by atoms with E-state index in [9.17, 15) is 64.0 Å². The van der Waals surface area contributed by atoms with Gasteiger partial charge in [0.15, 0.2) is 0 Å². The lowest BCUT2D eigenvalue weighted by Crippen LogP contribution is -2.37. The number of ether oxygens (including phenoxy) is 4. The summed E-state index contributed by atoms with van der Waals surface area (Å²) in [6.45, 7) is 22.9. The molecule has 0 fully saturated rings. The molecule has 0 bridgehead atoms. The summed E-state index contributed by atoms with van der Waals surface area (Å²) < 4.78 is 24.0. The normalized spacial score (nSPS) is 11.9. The van der Waals surface area contributed by atoms with Crippen LogP contribution in [0.5, 0.6) is 23.0 Å². The third-order valence-corrected chi connectivity index (χ3v) is 22.0. The van der Waals surface area contributed by atoms with Crippen LogP contribution < -0.4 is 67.2 Å². The van der Waals surface area contributed by atoms with Crippen LogP contribution in [-0.2, 0) is 41.7 Å². The molecule has 2 heterocycles. The summed E-state index contributed by atoms with van der Waals surface area (Å²) in [7, 11) is 0. The molecule has 0 saturated heterocycles. The van der Waals surface area contributed by atoms with Crippen LogP contribution in [0.3, 0.4) is 0 Å². The van der Waals surface area contributed by atoms with Crippen LogP contribution in [0.4, 0.5) is 27.5 Å². The quantitative estimate of drug-likeness (QED) is 0.0170. The number of carbonyl (C=O) groups is 7. The molecule has 0 aliphatic carbocycles. The molecule has 0 spiro atoms. The number of para-hydroxylation sites is 1. The molecule has 0 saturated carbocycles. The number of hydrogen-bond donors (Lipinski definition) is 13. The number of aromatic nitrogens is 3. The Morgan fingerprint density at radius 2 is 0.750 bits per heavy atom. The zero-order valence-electron chi connectivity index (χ0n) is 80.8. The number of aliphatic hydroxyl groups excluding tert-OH is 4. The first-order chi connectivity index (χ1) is 66.9. The predicted molar refractivity (Wildman–Crippen MR) is 551 cm³/mol. The van der Waals surface area contributed by atoms with Gasteiger partial charge in [-0.2, -0.15) is 5.26 Å². The van der Waals surface area contributed by atoms with E-state index in [1.807, 2.05) is 217 Å². The minimum atomic E-state index is -0.335. The van der Waals surface area contributed by atoms with Gasteiger partial charge in [0.25, 0.3) is 23.6 Å². The Hall–Kier alpha value is -13.9. The minimum Gasteiger partial charge on any atom is -0.490 e. The Balaban J connectivity index is 0.000000209. The number of amides is 8. The van der Waals surface area contributed by atoms with Gasteiger partial charge in [0.1, 0.15) is 34.7 Å². The minimum absolute atomic E-state index is 0.0192. The summed E-state index contributed by atoms with van der Waals surface area (Å²) in [4.78, 5) is 107. The number of nitrogens with zero attached hydrogens (tertiary/aromatic N) is 3. The number of aromatic amines is 1. The second-order valence-electron chi connectivity index (χ2n) is 35.8. The van der Waals surface area contributed by atoms with Crippen molar-refractivity contribution in [3.05, 3.63) is 330 Å². The molecule has 13 N–H and O–H groups in total. The number of nitrogens with one attached hydrogen (secondary N) is 9. The van der Waals surface area contributed by atoms with Crippen LogP contribution in [-0.4, -0.2) is 151 Å². The first-order valence-electron chi connectivity index (χ1n) is 46.4. The molecular formula is C109H125Cl3N12O16. The first kappa shape index (κ1) is 110. The smallest absolute Gasteiger partial charge is 0.331 e. The van der Waals surface area contributed by atoms with E-state index in [1.165, 1.54) is 10.5 Å². The second-order valence-corrected chi connectivity index (χ2v) is 37.0. The molecule has 0 aliphatic rings. The Morgan fingerprint density at radius 3 is 1.09 bits per heavy atom. The average molecular weight is 1970 g/mol. The fourth-order valence-electron chi connectivity index (χ4n) is 14.6. The van der Waals surface area contributed by atoms with Gasteiger partial charge in [-0.1, -0.05) is 165 Å². The highest BCUT2D eigenvalue weighted by molar-refractivity contribution is 6.33. The van der Waals surface area contributed by atoms with Gasteiger partial charge in [0.05, 0.1) is 57.2 Å². The number of H-pyrrole nitrogens is 1. The summed E-state index contributed by atoms with van der Waals surface area (Å²) in [5.41, 5.74) is 12.2. The summed E-state index contributed by atoms with van der Waals surface area (Å²) in [6, 6.07) is 69.0. The number of imidazole rings is 1. The number of halogens is 3. The van der Waals surface area contributed by atoms with E-state index < -0.39 is 0 Å². The van der Waals surface area contributed by atoms with Gasteiger partial charge in [0, 0.05) is 126 Å². The number of aliphatic hydroxyl groups is 4. The summed E-state index contributed by atoms with van der Waals surface area (Å²) in [5.74, 6) is 0.768. The van der Waals surface area contributed by atoms with Crippen LogP contribution in [0.1, 0.15) is 189 Å². The van der Waals surface area contributed by atoms with Crippen molar-refractivity contribution in [3.8, 4) is 40.3 Å². The van der Waals surface area contributed by atoms with Crippen molar-refractivity contribution >= 4 is 105 Å². The van der Waals surface area contributed by atoms with E-state index in [2.05, 4.69) is 58.6 Å². The topological polar surface area (TPSA) is 408 Å². The number of nitriles is 1. The molecule has 738 valence electrons. The highest BCUT2D eigenvalue weighted by Gasteiger charge is 2.25. The Morgan fingerprint density at radius 1 is 0.421 bits per heavy atom. The lowest BCUT2D eigenvalue weighted by molar-refractivity contribution is -0.118. The van der Waals surface area contributed by atoms with E-state index >= 15 is 0 Å². The fraction of sp³-hybridized carbons (Fsp3) is 0.321. The van der Waals surface area contributed by atoms with E-state index in [0.29, 0.717) is 158 Å². The maximum atomic E-state index is 12.9. The van der Waals surface area contributed by atoms with Crippen LogP contribution in [0.15, 0.2) is 248 Å². The first-order valence-corrected chi connectivity index (χ1v) is 47.5. The van der Waals surface area contributed by atoms with Crippen molar-refractivity contribution in [2.45, 2.75) is 196 Å². The molecule has 10 aromatic carbocycles. The van der Waals surface area contributed by atoms with E-state index in [4.69, 9.17) is 53.8 Å².